The van der Waals surface area contributed by atoms with Crippen molar-refractivity contribution in [3.63, 3.8) is 0 Å². The van der Waals surface area contributed by atoms with Gasteiger partial charge in [-0.1, -0.05) is 0 Å². The molecule has 1 saturated heterocycles. The van der Waals surface area contributed by atoms with Crippen LogP contribution in [0.3, 0.4) is 0 Å². The predicted molar refractivity (Wildman–Crippen MR) is 83.5 cm³/mol. The molecule has 1 aliphatic heterocycles. The van der Waals surface area contributed by atoms with Crippen LogP contribution in [0.4, 0.5) is 0 Å². The standard InChI is InChI=1S/C17H22N2O2/c1-2-19-9-6-14-11-15(3-4-16(14)19)17(20)18-8-5-13-7-10-21-12-13/h3-4,6,9,11,13H,2,5,7-8,10,12H2,1H3,(H,18,20)/t13-/m1/s1. The molecular formula is C17H22N2O2. The maximum atomic E-state index is 12.2. The molecule has 1 N–H and O–H groups in total. The Kier molecular flexibility index (Phi) is 4.25. The van der Waals surface area contributed by atoms with Gasteiger partial charge in [0.1, 0.15) is 0 Å². The molecule has 1 atom stereocenters. The van der Waals surface area contributed by atoms with Crippen molar-refractivity contribution in [2.24, 2.45) is 5.92 Å². The Morgan fingerprint density at radius 2 is 2.33 bits per heavy atom. The van der Waals surface area contributed by atoms with E-state index in [4.69, 9.17) is 4.74 Å². The third-order valence-electron chi connectivity index (χ3n) is 4.24. The monoisotopic (exact) mass is 286 g/mol. The van der Waals surface area contributed by atoms with Crippen LogP contribution in [-0.4, -0.2) is 30.2 Å². The van der Waals surface area contributed by atoms with Gasteiger partial charge in [0.2, 0.25) is 0 Å². The molecule has 1 aromatic carbocycles. The molecule has 2 aromatic rings. The summed E-state index contributed by atoms with van der Waals surface area (Å²) in [6, 6.07) is 7.96. The van der Waals surface area contributed by atoms with Crippen molar-refractivity contribution >= 4 is 16.8 Å². The van der Waals surface area contributed by atoms with E-state index in [1.807, 2.05) is 18.2 Å². The molecule has 4 heteroatoms. The Bertz CT molecular complexity index is 627. The number of nitrogens with zero attached hydrogens (tertiary/aromatic N) is 1. The molecule has 2 heterocycles. The highest BCUT2D eigenvalue weighted by molar-refractivity contribution is 5.98. The van der Waals surface area contributed by atoms with Crippen molar-refractivity contribution in [2.45, 2.75) is 26.3 Å². The summed E-state index contributed by atoms with van der Waals surface area (Å²) >= 11 is 0. The van der Waals surface area contributed by atoms with Crippen LogP contribution in [0.25, 0.3) is 10.9 Å². The Hall–Kier alpha value is -1.81. The third kappa shape index (κ3) is 3.10. The Morgan fingerprint density at radius 3 is 3.10 bits per heavy atom. The van der Waals surface area contributed by atoms with Gasteiger partial charge >= 0.3 is 0 Å². The molecule has 0 saturated carbocycles. The number of benzene rings is 1. The number of amides is 1. The number of hydrogen-bond acceptors (Lipinski definition) is 2. The molecule has 0 spiro atoms. The van der Waals surface area contributed by atoms with Gasteiger partial charge in [-0.05, 0) is 49.9 Å². The topological polar surface area (TPSA) is 43.3 Å². The molecule has 1 aliphatic rings. The Morgan fingerprint density at radius 1 is 1.43 bits per heavy atom. The highest BCUT2D eigenvalue weighted by Gasteiger charge is 2.15. The first-order chi connectivity index (χ1) is 10.3. The van der Waals surface area contributed by atoms with Crippen molar-refractivity contribution in [1.29, 1.82) is 0 Å². The van der Waals surface area contributed by atoms with Crippen LogP contribution in [-0.2, 0) is 11.3 Å². The molecule has 1 amide bonds. The minimum absolute atomic E-state index is 0.0139. The highest BCUT2D eigenvalue weighted by Crippen LogP contribution is 2.18. The van der Waals surface area contributed by atoms with E-state index in [1.54, 1.807) is 0 Å². The van der Waals surface area contributed by atoms with E-state index in [0.717, 1.165) is 50.1 Å². The first-order valence-electron chi connectivity index (χ1n) is 7.72. The highest BCUT2D eigenvalue weighted by atomic mass is 16.5. The van der Waals surface area contributed by atoms with Gasteiger partial charge in [-0.3, -0.25) is 4.79 Å². The maximum Gasteiger partial charge on any atom is 0.251 e. The molecule has 0 unspecified atom stereocenters. The zero-order valence-electron chi connectivity index (χ0n) is 12.5. The number of ether oxygens (including phenoxy) is 1. The fourth-order valence-corrected chi connectivity index (χ4v) is 2.92. The normalized spacial score (nSPS) is 18.2. The zero-order valence-corrected chi connectivity index (χ0v) is 12.5. The van der Waals surface area contributed by atoms with Gasteiger partial charge in [0, 0.05) is 49.0 Å². The van der Waals surface area contributed by atoms with Crippen LogP contribution in [0.2, 0.25) is 0 Å². The lowest BCUT2D eigenvalue weighted by Crippen LogP contribution is -2.26. The summed E-state index contributed by atoms with van der Waals surface area (Å²) in [5.41, 5.74) is 1.91. The van der Waals surface area contributed by atoms with Crippen molar-refractivity contribution < 1.29 is 9.53 Å². The number of fused-ring (bicyclic) bond motifs is 1. The van der Waals surface area contributed by atoms with Crippen LogP contribution < -0.4 is 5.32 Å². The minimum atomic E-state index is 0.0139. The first-order valence-corrected chi connectivity index (χ1v) is 7.72. The van der Waals surface area contributed by atoms with Crippen molar-refractivity contribution in [3.05, 3.63) is 36.0 Å². The molecule has 1 aromatic heterocycles. The quantitative estimate of drug-likeness (QED) is 0.918. The van der Waals surface area contributed by atoms with Crippen LogP contribution in [0.1, 0.15) is 30.1 Å². The molecule has 112 valence electrons. The van der Waals surface area contributed by atoms with Gasteiger partial charge in [0.15, 0.2) is 0 Å². The molecular weight excluding hydrogens is 264 g/mol. The number of rotatable bonds is 5. The van der Waals surface area contributed by atoms with Crippen molar-refractivity contribution in [2.75, 3.05) is 19.8 Å². The smallest absolute Gasteiger partial charge is 0.251 e. The minimum Gasteiger partial charge on any atom is -0.381 e. The summed E-state index contributed by atoms with van der Waals surface area (Å²) in [7, 11) is 0. The van der Waals surface area contributed by atoms with Crippen molar-refractivity contribution in [3.8, 4) is 0 Å². The average Bonchev–Trinajstić information content (AvgIpc) is 3.15. The first kappa shape index (κ1) is 14.1. The molecule has 4 nitrogen and oxygen atoms in total. The largest absolute Gasteiger partial charge is 0.381 e. The lowest BCUT2D eigenvalue weighted by Gasteiger charge is -2.09. The summed E-state index contributed by atoms with van der Waals surface area (Å²) in [5.74, 6) is 0.617. The molecule has 21 heavy (non-hydrogen) atoms. The number of carbonyl (C=O) groups excluding carboxylic acids is 1. The third-order valence-corrected chi connectivity index (χ3v) is 4.24. The van der Waals surface area contributed by atoms with Crippen LogP contribution in [0.15, 0.2) is 30.5 Å². The number of hydrogen-bond donors (Lipinski definition) is 1. The van der Waals surface area contributed by atoms with E-state index < -0.39 is 0 Å². The van der Waals surface area contributed by atoms with E-state index in [1.165, 1.54) is 5.52 Å². The van der Waals surface area contributed by atoms with Gasteiger partial charge in [-0.2, -0.15) is 0 Å². The Balaban J connectivity index is 1.61. The lowest BCUT2D eigenvalue weighted by atomic mass is 10.1. The molecule has 1 fully saturated rings. The zero-order chi connectivity index (χ0) is 14.7. The van der Waals surface area contributed by atoms with Gasteiger partial charge in [-0.15, -0.1) is 0 Å². The van der Waals surface area contributed by atoms with E-state index >= 15 is 0 Å². The molecule has 0 aliphatic carbocycles. The van der Waals surface area contributed by atoms with E-state index in [-0.39, 0.29) is 5.91 Å². The molecule has 0 bridgehead atoms. The average molecular weight is 286 g/mol. The summed E-state index contributed by atoms with van der Waals surface area (Å²) in [6.45, 7) is 5.49. The van der Waals surface area contributed by atoms with Crippen LogP contribution in [0.5, 0.6) is 0 Å². The Labute approximate surface area is 125 Å². The maximum absolute atomic E-state index is 12.2. The van der Waals surface area contributed by atoms with Crippen molar-refractivity contribution in [1.82, 2.24) is 9.88 Å². The fraction of sp³-hybridized carbons (Fsp3) is 0.471. The van der Waals surface area contributed by atoms with Gasteiger partial charge < -0.3 is 14.6 Å². The second-order valence-corrected chi connectivity index (χ2v) is 5.65. The van der Waals surface area contributed by atoms with Gasteiger partial charge in [-0.25, -0.2) is 0 Å². The number of nitrogens with one attached hydrogen (secondary N) is 1. The SMILES string of the molecule is CCn1ccc2cc(C(=O)NCC[C@@H]3CCOC3)ccc21. The van der Waals surface area contributed by atoms with E-state index in [9.17, 15) is 4.79 Å². The summed E-state index contributed by atoms with van der Waals surface area (Å²) < 4.78 is 7.52. The number of aromatic nitrogens is 1. The number of aryl methyl sites for hydroxylation is 1. The summed E-state index contributed by atoms with van der Waals surface area (Å²) in [6.07, 6.45) is 4.18. The molecule has 3 rings (SSSR count). The van der Waals surface area contributed by atoms with E-state index in [2.05, 4.69) is 29.1 Å². The second kappa shape index (κ2) is 6.31. The summed E-state index contributed by atoms with van der Waals surface area (Å²) in [4.78, 5) is 12.2. The van der Waals surface area contributed by atoms with Gasteiger partial charge in [0.05, 0.1) is 0 Å². The van der Waals surface area contributed by atoms with Crippen LogP contribution in [0, 0.1) is 5.92 Å². The summed E-state index contributed by atoms with van der Waals surface area (Å²) in [5, 5.41) is 4.13. The second-order valence-electron chi connectivity index (χ2n) is 5.65. The fourth-order valence-electron chi connectivity index (χ4n) is 2.92. The lowest BCUT2D eigenvalue weighted by molar-refractivity contribution is 0.0950. The predicted octanol–water partition coefficient (Wildman–Crippen LogP) is 2.82. The van der Waals surface area contributed by atoms with Crippen LogP contribution >= 0.6 is 0 Å². The van der Waals surface area contributed by atoms with E-state index in [0.29, 0.717) is 5.92 Å². The van der Waals surface area contributed by atoms with Gasteiger partial charge in [0.25, 0.3) is 5.91 Å². The number of carbonyl (C=O) groups is 1. The molecule has 0 radical (unpaired) electrons.